The first-order chi connectivity index (χ1) is 13.4. The Morgan fingerprint density at radius 2 is 2.00 bits per heavy atom. The van der Waals surface area contributed by atoms with Crippen LogP contribution in [0.1, 0.15) is 18.1 Å². The molecule has 8 heteroatoms. The van der Waals surface area contributed by atoms with E-state index in [0.29, 0.717) is 33.6 Å². The van der Waals surface area contributed by atoms with Crippen molar-refractivity contribution in [3.63, 3.8) is 0 Å². The van der Waals surface area contributed by atoms with Crippen molar-refractivity contribution in [2.75, 3.05) is 13.7 Å². The van der Waals surface area contributed by atoms with Crippen molar-refractivity contribution in [3.8, 4) is 11.5 Å². The molecule has 5 nitrogen and oxygen atoms in total. The highest BCUT2D eigenvalue weighted by Gasteiger charge is 2.35. The molecule has 28 heavy (non-hydrogen) atoms. The van der Waals surface area contributed by atoms with Gasteiger partial charge in [-0.2, -0.15) is 0 Å². The molecule has 1 heterocycles. The summed E-state index contributed by atoms with van der Waals surface area (Å²) in [5.74, 6) is 0.577. The lowest BCUT2D eigenvalue weighted by Crippen LogP contribution is -2.27. The van der Waals surface area contributed by atoms with Crippen LogP contribution in [0.3, 0.4) is 0 Å². The van der Waals surface area contributed by atoms with Gasteiger partial charge in [0.25, 0.3) is 11.1 Å². The number of imide groups is 1. The average Bonchev–Trinajstić information content (AvgIpc) is 2.92. The molecule has 3 rings (SSSR count). The first kappa shape index (κ1) is 20.8. The summed E-state index contributed by atoms with van der Waals surface area (Å²) in [5.41, 5.74) is 1.51. The molecular weight excluding hydrogens is 466 g/mol. The Hall–Kier alpha value is -1.96. The summed E-state index contributed by atoms with van der Waals surface area (Å²) in [6, 6.07) is 10.9. The third-order valence-electron chi connectivity index (χ3n) is 4.00. The first-order valence-corrected chi connectivity index (χ1v) is 10.4. The second-order valence-electron chi connectivity index (χ2n) is 5.83. The van der Waals surface area contributed by atoms with Gasteiger partial charge in [0.15, 0.2) is 11.5 Å². The summed E-state index contributed by atoms with van der Waals surface area (Å²) < 4.78 is 11.7. The van der Waals surface area contributed by atoms with E-state index in [4.69, 9.17) is 21.1 Å². The summed E-state index contributed by atoms with van der Waals surface area (Å²) >= 11 is 10.6. The number of halogens is 2. The zero-order chi connectivity index (χ0) is 20.3. The quantitative estimate of drug-likeness (QED) is 0.491. The van der Waals surface area contributed by atoms with Crippen LogP contribution >= 0.6 is 39.3 Å². The summed E-state index contributed by atoms with van der Waals surface area (Å²) in [7, 11) is 1.52. The Morgan fingerprint density at radius 3 is 2.68 bits per heavy atom. The van der Waals surface area contributed by atoms with Gasteiger partial charge in [-0.3, -0.25) is 14.5 Å². The van der Waals surface area contributed by atoms with E-state index in [9.17, 15) is 9.59 Å². The zero-order valence-electron chi connectivity index (χ0n) is 15.2. The van der Waals surface area contributed by atoms with Crippen LogP contribution < -0.4 is 9.47 Å². The summed E-state index contributed by atoms with van der Waals surface area (Å²) in [5, 5.41) is 0.0656. The molecule has 0 radical (unpaired) electrons. The number of hydrogen-bond donors (Lipinski definition) is 0. The van der Waals surface area contributed by atoms with Gasteiger partial charge >= 0.3 is 0 Å². The number of amides is 2. The maximum atomic E-state index is 12.8. The minimum Gasteiger partial charge on any atom is -0.493 e. The number of thioether (sulfide) groups is 1. The van der Waals surface area contributed by atoms with Crippen molar-refractivity contribution >= 4 is 56.5 Å². The van der Waals surface area contributed by atoms with Gasteiger partial charge in [0.05, 0.1) is 30.2 Å². The van der Waals surface area contributed by atoms with Crippen LogP contribution in [-0.4, -0.2) is 29.8 Å². The molecule has 2 amide bonds. The minimum atomic E-state index is -0.338. The minimum absolute atomic E-state index is 0.205. The smallest absolute Gasteiger partial charge is 0.293 e. The van der Waals surface area contributed by atoms with E-state index in [-0.39, 0.29) is 17.7 Å². The van der Waals surface area contributed by atoms with Gasteiger partial charge in [0, 0.05) is 4.47 Å². The normalized spacial score (nSPS) is 15.4. The Morgan fingerprint density at radius 1 is 1.25 bits per heavy atom. The van der Waals surface area contributed by atoms with E-state index in [1.807, 2.05) is 31.2 Å². The van der Waals surface area contributed by atoms with E-state index in [2.05, 4.69) is 15.9 Å². The van der Waals surface area contributed by atoms with E-state index < -0.39 is 0 Å². The number of hydrogen-bond acceptors (Lipinski definition) is 5. The third kappa shape index (κ3) is 4.37. The van der Waals surface area contributed by atoms with Crippen molar-refractivity contribution < 1.29 is 19.1 Å². The highest BCUT2D eigenvalue weighted by molar-refractivity contribution is 9.10. The van der Waals surface area contributed by atoms with Gasteiger partial charge < -0.3 is 9.47 Å². The summed E-state index contributed by atoms with van der Waals surface area (Å²) in [6.07, 6.45) is 1.63. The molecule has 0 N–H and O–H groups in total. The second kappa shape index (κ2) is 9.03. The van der Waals surface area contributed by atoms with Crippen LogP contribution in [0.15, 0.2) is 45.8 Å². The number of benzene rings is 2. The maximum absolute atomic E-state index is 12.8. The summed E-state index contributed by atoms with van der Waals surface area (Å²) in [4.78, 5) is 26.7. The molecule has 1 aliphatic rings. The lowest BCUT2D eigenvalue weighted by Gasteiger charge is -2.13. The first-order valence-electron chi connectivity index (χ1n) is 8.43. The highest BCUT2D eigenvalue weighted by Crippen LogP contribution is 2.39. The fourth-order valence-electron chi connectivity index (χ4n) is 2.69. The Bertz CT molecular complexity index is 963. The molecule has 2 aromatic carbocycles. The standard InChI is InChI=1S/C20H17BrClNO4S/c1-3-27-18-15(22)8-12(9-16(18)26-2)10-17-19(24)23(20(25)28-17)11-13-6-4-5-7-14(13)21/h4-10H,3,11H2,1-2H3/b17-10-. The van der Waals surface area contributed by atoms with Crippen molar-refractivity contribution in [2.24, 2.45) is 0 Å². The van der Waals surface area contributed by atoms with E-state index >= 15 is 0 Å². The topological polar surface area (TPSA) is 55.8 Å². The molecular formula is C20H17BrClNO4S. The number of methoxy groups -OCH3 is 1. The fraction of sp³-hybridized carbons (Fsp3) is 0.200. The molecule has 2 aromatic rings. The van der Waals surface area contributed by atoms with Gasteiger partial charge in [-0.15, -0.1) is 0 Å². The van der Waals surface area contributed by atoms with Gasteiger partial charge in [-0.1, -0.05) is 45.7 Å². The van der Waals surface area contributed by atoms with Crippen LogP contribution in [0.25, 0.3) is 6.08 Å². The van der Waals surface area contributed by atoms with Crippen LogP contribution in [0, 0.1) is 0 Å². The average molecular weight is 483 g/mol. The van der Waals surface area contributed by atoms with Crippen LogP contribution in [0.4, 0.5) is 4.79 Å². The molecule has 0 aromatic heterocycles. The molecule has 0 unspecified atom stereocenters. The van der Waals surface area contributed by atoms with E-state index in [1.54, 1.807) is 18.2 Å². The number of rotatable bonds is 6. The highest BCUT2D eigenvalue weighted by atomic mass is 79.9. The SMILES string of the molecule is CCOc1c(Cl)cc(/C=C2\SC(=O)N(Cc3ccccc3Br)C2=O)cc1OC. The zero-order valence-corrected chi connectivity index (χ0v) is 18.4. The summed E-state index contributed by atoms with van der Waals surface area (Å²) in [6.45, 7) is 2.50. The Balaban J connectivity index is 1.87. The van der Waals surface area contributed by atoms with Gasteiger partial charge in [-0.05, 0) is 54.1 Å². The molecule has 1 fully saturated rings. The van der Waals surface area contributed by atoms with Gasteiger partial charge in [0.1, 0.15) is 0 Å². The van der Waals surface area contributed by atoms with Crippen LogP contribution in [0.5, 0.6) is 11.5 Å². The Kier molecular flexibility index (Phi) is 6.69. The second-order valence-corrected chi connectivity index (χ2v) is 8.08. The van der Waals surface area contributed by atoms with Crippen LogP contribution in [-0.2, 0) is 11.3 Å². The van der Waals surface area contributed by atoms with E-state index in [1.165, 1.54) is 12.0 Å². The number of ether oxygens (including phenoxy) is 2. The largest absolute Gasteiger partial charge is 0.493 e. The predicted molar refractivity (Wildman–Crippen MR) is 115 cm³/mol. The molecule has 0 bridgehead atoms. The maximum Gasteiger partial charge on any atom is 0.293 e. The molecule has 0 spiro atoms. The third-order valence-corrected chi connectivity index (χ3v) is 5.96. The molecule has 0 saturated carbocycles. The number of carbonyl (C=O) groups is 2. The molecule has 146 valence electrons. The number of nitrogens with zero attached hydrogens (tertiary/aromatic N) is 1. The molecule has 0 aliphatic carbocycles. The Labute approximate surface area is 180 Å². The van der Waals surface area contributed by atoms with Crippen molar-refractivity contribution in [3.05, 3.63) is 61.9 Å². The van der Waals surface area contributed by atoms with Gasteiger partial charge in [-0.25, -0.2) is 0 Å². The lowest BCUT2D eigenvalue weighted by atomic mass is 10.1. The molecule has 0 atom stereocenters. The fourth-order valence-corrected chi connectivity index (χ4v) is 4.21. The molecule has 1 saturated heterocycles. The van der Waals surface area contributed by atoms with Crippen molar-refractivity contribution in [1.29, 1.82) is 0 Å². The van der Waals surface area contributed by atoms with Crippen molar-refractivity contribution in [2.45, 2.75) is 13.5 Å². The van der Waals surface area contributed by atoms with Crippen LogP contribution in [0.2, 0.25) is 5.02 Å². The predicted octanol–water partition coefficient (Wildman–Crippen LogP) is 5.75. The monoisotopic (exact) mass is 481 g/mol. The van der Waals surface area contributed by atoms with Crippen molar-refractivity contribution in [1.82, 2.24) is 4.90 Å². The van der Waals surface area contributed by atoms with E-state index in [0.717, 1.165) is 21.8 Å². The van der Waals surface area contributed by atoms with Gasteiger partial charge in [0.2, 0.25) is 0 Å². The lowest BCUT2D eigenvalue weighted by molar-refractivity contribution is -0.123. The molecule has 1 aliphatic heterocycles. The number of carbonyl (C=O) groups excluding carboxylic acids is 2.